The first-order valence-electron chi connectivity index (χ1n) is 5.30. The average Bonchev–Trinajstić information content (AvgIpc) is 2.29. The van der Waals surface area contributed by atoms with Crippen molar-refractivity contribution in [1.29, 1.82) is 0 Å². The van der Waals surface area contributed by atoms with E-state index in [1.165, 1.54) is 0 Å². The number of carbonyl (C=O) groups excluding carboxylic acids is 1. The van der Waals surface area contributed by atoms with Crippen molar-refractivity contribution < 1.29 is 9.53 Å². The van der Waals surface area contributed by atoms with Gasteiger partial charge < -0.3 is 4.74 Å². The highest BCUT2D eigenvalue weighted by molar-refractivity contribution is 9.10. The molecular weight excluding hydrogens is 362 g/mol. The van der Waals surface area contributed by atoms with Gasteiger partial charge in [0.1, 0.15) is 4.83 Å². The van der Waals surface area contributed by atoms with E-state index in [0.29, 0.717) is 0 Å². The van der Waals surface area contributed by atoms with Crippen LogP contribution in [0.1, 0.15) is 18.4 Å². The van der Waals surface area contributed by atoms with E-state index in [9.17, 15) is 4.79 Å². The number of alkyl halides is 4. The molecule has 0 spiro atoms. The molecule has 0 saturated carbocycles. The summed E-state index contributed by atoms with van der Waals surface area (Å²) in [7, 11) is 0. The molecule has 2 unspecified atom stereocenters. The van der Waals surface area contributed by atoms with Crippen LogP contribution in [0.3, 0.4) is 0 Å². The van der Waals surface area contributed by atoms with Gasteiger partial charge in [0.2, 0.25) is 0 Å². The molecule has 0 fully saturated rings. The first-order chi connectivity index (χ1) is 8.38. The molecule has 0 aliphatic heterocycles. The minimum absolute atomic E-state index is 0.280. The highest BCUT2D eigenvalue weighted by atomic mass is 79.9. The summed E-state index contributed by atoms with van der Waals surface area (Å²) in [5.41, 5.74) is 0.757. The Morgan fingerprint density at radius 2 is 1.89 bits per heavy atom. The first-order valence-corrected chi connectivity index (χ1v) is 7.35. The van der Waals surface area contributed by atoms with Crippen LogP contribution in [-0.4, -0.2) is 21.2 Å². The second kappa shape index (κ2) is 6.99. The molecule has 1 aromatic carbocycles. The van der Waals surface area contributed by atoms with Gasteiger partial charge in [-0.1, -0.05) is 81.1 Å². The zero-order valence-electron chi connectivity index (χ0n) is 9.58. The van der Waals surface area contributed by atoms with Crippen LogP contribution in [0.25, 0.3) is 0 Å². The Hall–Kier alpha value is 0.0400. The molecule has 0 saturated heterocycles. The minimum Gasteiger partial charge on any atom is -0.465 e. The molecule has 0 aromatic heterocycles. The number of halogens is 4. The summed E-state index contributed by atoms with van der Waals surface area (Å²) in [5, 5.41) is 0. The summed E-state index contributed by atoms with van der Waals surface area (Å²) in [6.45, 7) is 2.01. The SMILES string of the molecule is CCOC(=O)C(Br)C(c1ccccc1)C(Cl)(Cl)Cl. The van der Waals surface area contributed by atoms with E-state index >= 15 is 0 Å². The van der Waals surface area contributed by atoms with Crippen molar-refractivity contribution in [3.63, 3.8) is 0 Å². The molecule has 0 aliphatic carbocycles. The predicted molar refractivity (Wildman–Crippen MR) is 78.8 cm³/mol. The maximum Gasteiger partial charge on any atom is 0.320 e. The molecule has 0 amide bonds. The number of benzene rings is 1. The number of hydrogen-bond donors (Lipinski definition) is 0. The summed E-state index contributed by atoms with van der Waals surface area (Å²) in [6, 6.07) is 9.11. The molecule has 0 radical (unpaired) electrons. The summed E-state index contributed by atoms with van der Waals surface area (Å²) in [5.74, 6) is -1.07. The maximum atomic E-state index is 11.8. The molecule has 2 atom stereocenters. The molecular formula is C12H12BrCl3O2. The van der Waals surface area contributed by atoms with E-state index < -0.39 is 20.5 Å². The van der Waals surface area contributed by atoms with Crippen LogP contribution in [0.2, 0.25) is 0 Å². The molecule has 2 nitrogen and oxygen atoms in total. The van der Waals surface area contributed by atoms with Gasteiger partial charge in [0.05, 0.1) is 12.5 Å². The van der Waals surface area contributed by atoms with Crippen molar-refractivity contribution in [2.75, 3.05) is 6.61 Å². The Morgan fingerprint density at radius 3 is 2.33 bits per heavy atom. The van der Waals surface area contributed by atoms with Crippen molar-refractivity contribution >= 4 is 56.7 Å². The van der Waals surface area contributed by atoms with Crippen LogP contribution in [0.5, 0.6) is 0 Å². The van der Waals surface area contributed by atoms with Gasteiger partial charge in [-0.05, 0) is 12.5 Å². The Morgan fingerprint density at radius 1 is 1.33 bits per heavy atom. The summed E-state index contributed by atoms with van der Waals surface area (Å²) >= 11 is 21.2. The van der Waals surface area contributed by atoms with E-state index in [1.54, 1.807) is 19.1 Å². The van der Waals surface area contributed by atoms with Crippen LogP contribution in [-0.2, 0) is 9.53 Å². The molecule has 0 heterocycles. The Bertz CT molecular complexity index is 392. The fraction of sp³-hybridized carbons (Fsp3) is 0.417. The lowest BCUT2D eigenvalue weighted by Gasteiger charge is -2.28. The fourth-order valence-corrected chi connectivity index (χ4v) is 3.59. The topological polar surface area (TPSA) is 26.3 Å². The van der Waals surface area contributed by atoms with Gasteiger partial charge in [0.25, 0.3) is 0 Å². The first kappa shape index (κ1) is 16.1. The van der Waals surface area contributed by atoms with Crippen LogP contribution < -0.4 is 0 Å². The number of esters is 1. The van der Waals surface area contributed by atoms with Gasteiger partial charge >= 0.3 is 5.97 Å². The van der Waals surface area contributed by atoms with E-state index in [-0.39, 0.29) is 6.61 Å². The van der Waals surface area contributed by atoms with Gasteiger partial charge in [0.15, 0.2) is 3.79 Å². The second-order valence-corrected chi connectivity index (χ2v) is 6.94. The van der Waals surface area contributed by atoms with Gasteiger partial charge in [-0.2, -0.15) is 0 Å². The Labute approximate surface area is 130 Å². The third-order valence-corrected chi connectivity index (χ3v) is 3.92. The second-order valence-electron chi connectivity index (χ2n) is 3.58. The fourth-order valence-electron chi connectivity index (χ4n) is 1.54. The molecule has 0 bridgehead atoms. The zero-order valence-corrected chi connectivity index (χ0v) is 13.4. The highest BCUT2D eigenvalue weighted by Crippen LogP contribution is 2.46. The van der Waals surface area contributed by atoms with Crippen LogP contribution in [0.4, 0.5) is 0 Å². The molecule has 1 rings (SSSR count). The summed E-state index contributed by atoms with van der Waals surface area (Å²) in [6.07, 6.45) is 0. The van der Waals surface area contributed by atoms with Crippen molar-refractivity contribution in [2.24, 2.45) is 0 Å². The lowest BCUT2D eigenvalue weighted by atomic mass is 9.97. The monoisotopic (exact) mass is 372 g/mol. The van der Waals surface area contributed by atoms with Crippen molar-refractivity contribution in [1.82, 2.24) is 0 Å². The third-order valence-electron chi connectivity index (χ3n) is 2.32. The van der Waals surface area contributed by atoms with Crippen molar-refractivity contribution in [2.45, 2.75) is 21.5 Å². The number of rotatable bonds is 4. The highest BCUT2D eigenvalue weighted by Gasteiger charge is 2.42. The lowest BCUT2D eigenvalue weighted by Crippen LogP contribution is -2.32. The van der Waals surface area contributed by atoms with E-state index in [4.69, 9.17) is 39.5 Å². The van der Waals surface area contributed by atoms with Crippen LogP contribution in [0.15, 0.2) is 30.3 Å². The lowest BCUT2D eigenvalue weighted by molar-refractivity contribution is -0.142. The molecule has 100 valence electrons. The van der Waals surface area contributed by atoms with E-state index in [0.717, 1.165) is 5.56 Å². The van der Waals surface area contributed by atoms with Gasteiger partial charge in [-0.3, -0.25) is 4.79 Å². The Balaban J connectivity index is 3.04. The number of carbonyl (C=O) groups is 1. The molecule has 6 heteroatoms. The number of hydrogen-bond acceptors (Lipinski definition) is 2. The van der Waals surface area contributed by atoms with Crippen molar-refractivity contribution in [3.8, 4) is 0 Å². The number of ether oxygens (including phenoxy) is 1. The molecule has 1 aromatic rings. The predicted octanol–water partition coefficient (Wildman–Crippen LogP) is 4.47. The zero-order chi connectivity index (χ0) is 13.8. The minimum atomic E-state index is -1.61. The third kappa shape index (κ3) is 4.30. The van der Waals surface area contributed by atoms with E-state index in [1.807, 2.05) is 18.2 Å². The van der Waals surface area contributed by atoms with Crippen molar-refractivity contribution in [3.05, 3.63) is 35.9 Å². The van der Waals surface area contributed by atoms with E-state index in [2.05, 4.69) is 15.9 Å². The van der Waals surface area contributed by atoms with Gasteiger partial charge in [-0.25, -0.2) is 0 Å². The van der Waals surface area contributed by atoms with Gasteiger partial charge in [-0.15, -0.1) is 0 Å². The molecule has 0 aliphatic rings. The molecule has 0 N–H and O–H groups in total. The smallest absolute Gasteiger partial charge is 0.320 e. The largest absolute Gasteiger partial charge is 0.465 e. The molecule has 18 heavy (non-hydrogen) atoms. The summed E-state index contributed by atoms with van der Waals surface area (Å²) in [4.78, 5) is 11.0. The summed E-state index contributed by atoms with van der Waals surface area (Å²) < 4.78 is 3.33. The average molecular weight is 374 g/mol. The standard InChI is InChI=1S/C12H12BrCl3O2/c1-2-18-11(17)10(13)9(12(14,15)16)8-6-4-3-5-7-8/h3-7,9-10H,2H2,1H3. The Kier molecular flexibility index (Phi) is 6.25. The van der Waals surface area contributed by atoms with Crippen LogP contribution >= 0.6 is 50.7 Å². The normalized spacial score (nSPS) is 14.9. The quantitative estimate of drug-likeness (QED) is 0.574. The van der Waals surface area contributed by atoms with Crippen LogP contribution in [0, 0.1) is 0 Å². The van der Waals surface area contributed by atoms with Gasteiger partial charge in [0, 0.05) is 0 Å². The maximum absolute atomic E-state index is 11.8.